The van der Waals surface area contributed by atoms with Crippen LogP contribution < -0.4 is 4.90 Å². The molecular weight excluding hydrogens is 881 g/mol. The van der Waals surface area contributed by atoms with E-state index < -0.39 is 10.8 Å². The molecule has 1 spiro atoms. The van der Waals surface area contributed by atoms with Gasteiger partial charge in [0.1, 0.15) is 0 Å². The van der Waals surface area contributed by atoms with Crippen LogP contribution in [0.15, 0.2) is 255 Å². The number of hydrogen-bond acceptors (Lipinski definition) is 1. The van der Waals surface area contributed by atoms with E-state index in [0.717, 1.165) is 17.1 Å². The molecule has 0 amide bonds. The zero-order valence-corrected chi connectivity index (χ0v) is 40.6. The number of para-hydroxylation sites is 3. The van der Waals surface area contributed by atoms with Crippen LogP contribution in [0.4, 0.5) is 17.1 Å². The maximum absolute atomic E-state index is 2.55. The fourth-order valence-electron chi connectivity index (χ4n) is 14.5. The van der Waals surface area contributed by atoms with Gasteiger partial charge in [-0.25, -0.2) is 0 Å². The summed E-state index contributed by atoms with van der Waals surface area (Å²) in [5.41, 5.74) is 26.7. The van der Waals surface area contributed by atoms with Gasteiger partial charge in [0.25, 0.3) is 0 Å². The largest absolute Gasteiger partial charge is 0.310 e. The Hall–Kier alpha value is -8.98. The fourth-order valence-corrected chi connectivity index (χ4v) is 14.5. The molecule has 1 atom stereocenters. The van der Waals surface area contributed by atoms with Crippen LogP contribution in [0.25, 0.3) is 60.9 Å². The number of aromatic nitrogens is 1. The van der Waals surface area contributed by atoms with Gasteiger partial charge >= 0.3 is 0 Å². The van der Waals surface area contributed by atoms with Crippen molar-refractivity contribution in [2.75, 3.05) is 4.90 Å². The van der Waals surface area contributed by atoms with Crippen LogP contribution in [0.5, 0.6) is 0 Å². The van der Waals surface area contributed by atoms with E-state index in [1.165, 1.54) is 117 Å². The number of anilines is 3. The molecule has 2 heteroatoms. The first-order chi connectivity index (χ1) is 36.0. The highest BCUT2D eigenvalue weighted by Gasteiger charge is 2.51. The van der Waals surface area contributed by atoms with Gasteiger partial charge in [-0.15, -0.1) is 0 Å². The van der Waals surface area contributed by atoms with Crippen molar-refractivity contribution in [3.8, 4) is 39.1 Å². The number of hydrogen-bond donors (Lipinski definition) is 0. The first kappa shape index (κ1) is 40.7. The summed E-state index contributed by atoms with van der Waals surface area (Å²) in [7, 11) is 0. The van der Waals surface area contributed by atoms with Gasteiger partial charge in [0, 0.05) is 33.2 Å². The quantitative estimate of drug-likeness (QED) is 0.167. The molecule has 4 aliphatic rings. The van der Waals surface area contributed by atoms with Crippen LogP contribution in [-0.4, -0.2) is 4.57 Å². The van der Waals surface area contributed by atoms with E-state index in [1.807, 2.05) is 0 Å². The highest BCUT2D eigenvalue weighted by Crippen LogP contribution is 2.63. The molecule has 73 heavy (non-hydrogen) atoms. The lowest BCUT2D eigenvalue weighted by Gasteiger charge is -2.39. The van der Waals surface area contributed by atoms with Crippen LogP contribution in [0.2, 0.25) is 0 Å². The summed E-state index contributed by atoms with van der Waals surface area (Å²) in [6, 6.07) is 96.6. The summed E-state index contributed by atoms with van der Waals surface area (Å²) in [5.74, 6) is 0. The topological polar surface area (TPSA) is 8.17 Å². The lowest BCUT2D eigenvalue weighted by atomic mass is 9.65. The molecule has 11 aromatic carbocycles. The van der Waals surface area contributed by atoms with Crippen LogP contribution in [-0.2, 0) is 16.2 Å². The Bertz CT molecular complexity index is 4270. The Morgan fingerprint density at radius 1 is 0.301 bits per heavy atom. The number of benzene rings is 11. The third kappa shape index (κ3) is 5.08. The Labute approximate surface area is 425 Å². The molecule has 0 saturated heterocycles. The Morgan fingerprint density at radius 2 is 0.767 bits per heavy atom. The van der Waals surface area contributed by atoms with Crippen molar-refractivity contribution < 1.29 is 0 Å². The van der Waals surface area contributed by atoms with Gasteiger partial charge in [-0.3, -0.25) is 0 Å². The van der Waals surface area contributed by atoms with Crippen molar-refractivity contribution in [1.82, 2.24) is 4.57 Å². The maximum Gasteiger partial charge on any atom is 0.0754 e. The highest BCUT2D eigenvalue weighted by atomic mass is 15.1. The molecule has 342 valence electrons. The smallest absolute Gasteiger partial charge is 0.0754 e. The molecule has 12 aromatic rings. The predicted octanol–water partition coefficient (Wildman–Crippen LogP) is 17.6. The Morgan fingerprint density at radius 3 is 1.48 bits per heavy atom. The molecule has 0 radical (unpaired) electrons. The first-order valence-corrected chi connectivity index (χ1v) is 25.8. The molecule has 2 heterocycles. The van der Waals surface area contributed by atoms with Crippen LogP contribution in [0.1, 0.15) is 69.5 Å². The molecule has 1 unspecified atom stereocenters. The van der Waals surface area contributed by atoms with E-state index in [1.54, 1.807) is 0 Å². The Balaban J connectivity index is 0.973. The minimum absolute atomic E-state index is 0.177. The average Bonchev–Trinajstić information content (AvgIpc) is 4.13. The SMILES string of the molecule is CC1(C)c2ccccc2-c2ccc(N(c3ccc4c(c3)-c3ccccc3C43c4ccccc4-n4c5ccccc5c5cccc3c54)c3ccc4c(c3)C(c3ccccc3)(c3ccccc3)c3ccccc3-4)cc21. The lowest BCUT2D eigenvalue weighted by molar-refractivity contribution is 0.660. The molecule has 16 rings (SSSR count). The summed E-state index contributed by atoms with van der Waals surface area (Å²) in [4.78, 5) is 2.55. The van der Waals surface area contributed by atoms with E-state index in [9.17, 15) is 0 Å². The Kier molecular flexibility index (Phi) is 8.12. The summed E-state index contributed by atoms with van der Waals surface area (Å²) in [6.07, 6.45) is 0. The first-order valence-electron chi connectivity index (χ1n) is 25.8. The van der Waals surface area contributed by atoms with Crippen molar-refractivity contribution in [3.05, 3.63) is 310 Å². The van der Waals surface area contributed by atoms with E-state index in [4.69, 9.17) is 0 Å². The van der Waals surface area contributed by atoms with Crippen LogP contribution >= 0.6 is 0 Å². The predicted molar refractivity (Wildman–Crippen MR) is 301 cm³/mol. The van der Waals surface area contributed by atoms with Crippen molar-refractivity contribution in [1.29, 1.82) is 0 Å². The monoisotopic (exact) mass is 928 g/mol. The van der Waals surface area contributed by atoms with Gasteiger partial charge in [0.15, 0.2) is 0 Å². The van der Waals surface area contributed by atoms with Crippen LogP contribution in [0.3, 0.4) is 0 Å². The minimum Gasteiger partial charge on any atom is -0.310 e. The summed E-state index contributed by atoms with van der Waals surface area (Å²) in [6.45, 7) is 4.78. The number of fused-ring (bicyclic) bond motifs is 18. The summed E-state index contributed by atoms with van der Waals surface area (Å²) < 4.78 is 2.53. The van der Waals surface area contributed by atoms with Crippen molar-refractivity contribution in [2.45, 2.75) is 30.1 Å². The van der Waals surface area contributed by atoms with Crippen molar-refractivity contribution in [3.63, 3.8) is 0 Å². The standard InChI is InChI=1S/C71H48N2/c1-69(2)58-29-13-9-24-50(58)53-39-36-48(43-64(53)69)72(49-37-40-54-51-25-10-14-30-59(51)70(65(54)44-49,45-20-5-3-6-21-45)46-22-7-4-8-23-46)47-38-41-61-57(42-47)52-26-11-15-31-60(52)71(61)62-32-16-18-35-67(62)73-66-34-17-12-27-55(66)56-28-19-33-63(71)68(56)73/h3-44H,1-2H3. The number of nitrogens with zero attached hydrogens (tertiary/aromatic N) is 2. The van der Waals surface area contributed by atoms with Gasteiger partial charge in [-0.2, -0.15) is 0 Å². The summed E-state index contributed by atoms with van der Waals surface area (Å²) >= 11 is 0. The van der Waals surface area contributed by atoms with Crippen LogP contribution in [0, 0.1) is 0 Å². The fraction of sp³-hybridized carbons (Fsp3) is 0.0704. The van der Waals surface area contributed by atoms with E-state index >= 15 is 0 Å². The molecule has 1 aromatic heterocycles. The second-order valence-electron chi connectivity index (χ2n) is 21.1. The molecule has 0 N–H and O–H groups in total. The molecule has 0 saturated carbocycles. The number of rotatable bonds is 5. The third-order valence-corrected chi connectivity index (χ3v) is 17.5. The van der Waals surface area contributed by atoms with E-state index in [0.29, 0.717) is 0 Å². The lowest BCUT2D eigenvalue weighted by Crippen LogP contribution is -2.33. The second-order valence-corrected chi connectivity index (χ2v) is 21.1. The maximum atomic E-state index is 2.55. The molecule has 2 nitrogen and oxygen atoms in total. The molecule has 0 fully saturated rings. The van der Waals surface area contributed by atoms with Gasteiger partial charge in [-0.05, 0) is 138 Å². The van der Waals surface area contributed by atoms with Crippen molar-refractivity contribution in [2.24, 2.45) is 0 Å². The molecule has 1 aliphatic heterocycles. The zero-order valence-electron chi connectivity index (χ0n) is 40.6. The molecular formula is C71H48N2. The van der Waals surface area contributed by atoms with Gasteiger partial charge in [0.05, 0.1) is 27.6 Å². The minimum atomic E-state index is -0.543. The van der Waals surface area contributed by atoms with E-state index in [-0.39, 0.29) is 5.41 Å². The normalized spacial score (nSPS) is 16.4. The average molecular weight is 929 g/mol. The zero-order chi connectivity index (χ0) is 48.2. The highest BCUT2D eigenvalue weighted by molar-refractivity contribution is 6.13. The van der Waals surface area contributed by atoms with Gasteiger partial charge in [0.2, 0.25) is 0 Å². The second kappa shape index (κ2) is 14.6. The van der Waals surface area contributed by atoms with Gasteiger partial charge in [-0.1, -0.05) is 220 Å². The third-order valence-electron chi connectivity index (χ3n) is 17.5. The van der Waals surface area contributed by atoms with E-state index in [2.05, 4.69) is 278 Å². The molecule has 3 aliphatic carbocycles. The van der Waals surface area contributed by atoms with Crippen molar-refractivity contribution >= 4 is 38.9 Å². The van der Waals surface area contributed by atoms with Gasteiger partial charge < -0.3 is 9.47 Å². The molecule has 0 bridgehead atoms. The summed E-state index contributed by atoms with van der Waals surface area (Å²) in [5, 5.41) is 2.57.